The lowest BCUT2D eigenvalue weighted by Crippen LogP contribution is -2.33. The molecule has 2 aromatic rings. The van der Waals surface area contributed by atoms with E-state index in [0.29, 0.717) is 10.9 Å². The predicted molar refractivity (Wildman–Crippen MR) is 115 cm³/mol. The van der Waals surface area contributed by atoms with Crippen LogP contribution in [0.15, 0.2) is 41.3 Å². The minimum Gasteiger partial charge on any atom is -0.325 e. The van der Waals surface area contributed by atoms with Gasteiger partial charge in [0.25, 0.3) is 5.91 Å². The van der Waals surface area contributed by atoms with Crippen molar-refractivity contribution in [2.24, 2.45) is 12.0 Å². The number of carbonyl (C=O) groups excluding carboxylic acids is 2. The number of hydrogen-bond donors (Lipinski definition) is 1. The molecule has 0 atom stereocenters. The van der Waals surface area contributed by atoms with E-state index in [-0.39, 0.29) is 23.6 Å². The van der Waals surface area contributed by atoms with Crippen molar-refractivity contribution in [1.29, 1.82) is 0 Å². The van der Waals surface area contributed by atoms with Gasteiger partial charge in [0, 0.05) is 30.5 Å². The van der Waals surface area contributed by atoms with Crippen LogP contribution in [0.3, 0.4) is 0 Å². The highest BCUT2D eigenvalue weighted by atomic mass is 32.2. The summed E-state index contributed by atoms with van der Waals surface area (Å²) in [6.45, 7) is 4.00. The standard InChI is InChI=1S/C21H23N5O2S/c1-13-5-4-6-17(14(13)2)23-19(27)12-29-21-24-18(9-15-10-22-25(3)11-15)20(28)26(21)16-7-8-16/h4-6,9-11,16H,7-8,12H2,1-3H3,(H,23,27). The summed E-state index contributed by atoms with van der Waals surface area (Å²) in [6.07, 6.45) is 7.22. The summed E-state index contributed by atoms with van der Waals surface area (Å²) in [5.74, 6) is -0.0174. The number of amidine groups is 1. The van der Waals surface area contributed by atoms with Crippen molar-refractivity contribution < 1.29 is 9.59 Å². The molecule has 1 fully saturated rings. The molecular formula is C21H23N5O2S. The molecule has 1 N–H and O–H groups in total. The van der Waals surface area contributed by atoms with E-state index in [1.807, 2.05) is 45.3 Å². The van der Waals surface area contributed by atoms with Gasteiger partial charge < -0.3 is 5.32 Å². The number of aryl methyl sites for hydroxylation is 2. The Hall–Kier alpha value is -2.87. The summed E-state index contributed by atoms with van der Waals surface area (Å²) in [7, 11) is 1.83. The third kappa shape index (κ3) is 4.27. The number of anilines is 1. The maximum absolute atomic E-state index is 12.8. The summed E-state index contributed by atoms with van der Waals surface area (Å²) in [5, 5.41) is 7.68. The number of nitrogens with one attached hydrogen (secondary N) is 1. The van der Waals surface area contributed by atoms with Gasteiger partial charge in [0.1, 0.15) is 5.70 Å². The topological polar surface area (TPSA) is 79.6 Å². The van der Waals surface area contributed by atoms with Crippen LogP contribution >= 0.6 is 11.8 Å². The first kappa shape index (κ1) is 19.4. The third-order valence-corrected chi connectivity index (χ3v) is 5.96. The van der Waals surface area contributed by atoms with Crippen LogP contribution < -0.4 is 5.32 Å². The lowest BCUT2D eigenvalue weighted by atomic mass is 10.1. The van der Waals surface area contributed by atoms with Gasteiger partial charge in [-0.25, -0.2) is 4.99 Å². The van der Waals surface area contributed by atoms with Crippen molar-refractivity contribution >= 4 is 40.5 Å². The highest BCUT2D eigenvalue weighted by Crippen LogP contribution is 2.35. The van der Waals surface area contributed by atoms with E-state index in [1.165, 1.54) is 11.8 Å². The molecule has 4 rings (SSSR count). The fourth-order valence-corrected chi connectivity index (χ4v) is 4.01. The second kappa shape index (κ2) is 7.87. The van der Waals surface area contributed by atoms with E-state index < -0.39 is 0 Å². The SMILES string of the molecule is Cc1cccc(NC(=O)CSC2=NC(=Cc3cnn(C)c3)C(=O)N2C2CC2)c1C. The predicted octanol–water partition coefficient (Wildman–Crippen LogP) is 3.11. The lowest BCUT2D eigenvalue weighted by Gasteiger charge is -2.16. The summed E-state index contributed by atoms with van der Waals surface area (Å²) in [6, 6.07) is 6.03. The van der Waals surface area contributed by atoms with Crippen LogP contribution in [0.4, 0.5) is 5.69 Å². The van der Waals surface area contributed by atoms with E-state index in [1.54, 1.807) is 21.9 Å². The minimum atomic E-state index is -0.112. The molecule has 2 aliphatic rings. The molecule has 1 aromatic carbocycles. The summed E-state index contributed by atoms with van der Waals surface area (Å²) < 4.78 is 1.68. The maximum atomic E-state index is 12.8. The van der Waals surface area contributed by atoms with Crippen LogP contribution in [-0.4, -0.2) is 43.5 Å². The summed E-state index contributed by atoms with van der Waals surface area (Å²) >= 11 is 1.30. The van der Waals surface area contributed by atoms with Crippen molar-refractivity contribution in [3.63, 3.8) is 0 Å². The highest BCUT2D eigenvalue weighted by molar-refractivity contribution is 8.14. The molecule has 1 aromatic heterocycles. The van der Waals surface area contributed by atoms with Crippen LogP contribution in [0.5, 0.6) is 0 Å². The second-order valence-corrected chi connectivity index (χ2v) is 8.30. The molecule has 1 aliphatic heterocycles. The number of aliphatic imine (C=N–C) groups is 1. The fourth-order valence-electron chi connectivity index (χ4n) is 3.14. The smallest absolute Gasteiger partial charge is 0.278 e. The molecule has 0 radical (unpaired) electrons. The van der Waals surface area contributed by atoms with Crippen LogP contribution in [-0.2, 0) is 16.6 Å². The fraction of sp³-hybridized carbons (Fsp3) is 0.333. The largest absolute Gasteiger partial charge is 0.325 e. The number of carbonyl (C=O) groups is 2. The zero-order chi connectivity index (χ0) is 20.5. The zero-order valence-corrected chi connectivity index (χ0v) is 17.5. The van der Waals surface area contributed by atoms with E-state index >= 15 is 0 Å². The molecule has 7 nitrogen and oxygen atoms in total. The lowest BCUT2D eigenvalue weighted by molar-refractivity contribution is -0.123. The normalized spacial score (nSPS) is 17.8. The first-order chi connectivity index (χ1) is 13.9. The Morgan fingerprint density at radius 1 is 1.34 bits per heavy atom. The van der Waals surface area contributed by atoms with E-state index in [2.05, 4.69) is 15.4 Å². The molecule has 150 valence electrons. The Balaban J connectivity index is 1.46. The molecule has 1 saturated carbocycles. The van der Waals surface area contributed by atoms with Crippen LogP contribution in [0, 0.1) is 13.8 Å². The van der Waals surface area contributed by atoms with E-state index in [4.69, 9.17) is 0 Å². The van der Waals surface area contributed by atoms with Crippen molar-refractivity contribution in [3.05, 3.63) is 53.0 Å². The Morgan fingerprint density at radius 2 is 2.14 bits per heavy atom. The Bertz CT molecular complexity index is 1040. The average molecular weight is 410 g/mol. The molecule has 0 spiro atoms. The van der Waals surface area contributed by atoms with Crippen molar-refractivity contribution in [3.8, 4) is 0 Å². The molecule has 8 heteroatoms. The number of aromatic nitrogens is 2. The number of amides is 2. The first-order valence-corrected chi connectivity index (χ1v) is 10.5. The molecule has 0 unspecified atom stereocenters. The number of hydrogen-bond acceptors (Lipinski definition) is 5. The molecular weight excluding hydrogens is 386 g/mol. The molecule has 2 amide bonds. The van der Waals surface area contributed by atoms with Crippen LogP contribution in [0.2, 0.25) is 0 Å². The van der Waals surface area contributed by atoms with Crippen molar-refractivity contribution in [2.75, 3.05) is 11.1 Å². The van der Waals surface area contributed by atoms with Crippen molar-refractivity contribution in [1.82, 2.24) is 14.7 Å². The minimum absolute atomic E-state index is 0.103. The Morgan fingerprint density at radius 3 is 2.83 bits per heavy atom. The van der Waals surface area contributed by atoms with Gasteiger partial charge in [-0.15, -0.1) is 0 Å². The molecule has 1 aliphatic carbocycles. The van der Waals surface area contributed by atoms with E-state index in [9.17, 15) is 9.59 Å². The van der Waals surface area contributed by atoms with E-state index in [0.717, 1.165) is 35.2 Å². The Kier molecular flexibility index (Phi) is 5.27. The average Bonchev–Trinajstić information content (AvgIpc) is 3.36. The molecule has 0 bridgehead atoms. The van der Waals surface area contributed by atoms with Gasteiger partial charge in [-0.3, -0.25) is 19.2 Å². The summed E-state index contributed by atoms with van der Waals surface area (Å²) in [5.41, 5.74) is 4.22. The van der Waals surface area contributed by atoms with Crippen LogP contribution in [0.25, 0.3) is 6.08 Å². The van der Waals surface area contributed by atoms with Gasteiger partial charge in [0.2, 0.25) is 5.91 Å². The molecule has 2 heterocycles. The molecule has 29 heavy (non-hydrogen) atoms. The zero-order valence-electron chi connectivity index (χ0n) is 16.7. The Labute approximate surface area is 173 Å². The van der Waals surface area contributed by atoms with Gasteiger partial charge in [-0.2, -0.15) is 5.10 Å². The number of nitrogens with zero attached hydrogens (tertiary/aromatic N) is 4. The molecule has 0 saturated heterocycles. The van der Waals surface area contributed by atoms with Gasteiger partial charge >= 0.3 is 0 Å². The number of rotatable bonds is 5. The summed E-state index contributed by atoms with van der Waals surface area (Å²) in [4.78, 5) is 31.6. The van der Waals surface area contributed by atoms with Crippen LogP contribution in [0.1, 0.15) is 29.5 Å². The van der Waals surface area contributed by atoms with Gasteiger partial charge in [-0.1, -0.05) is 23.9 Å². The monoisotopic (exact) mass is 409 g/mol. The van der Waals surface area contributed by atoms with Gasteiger partial charge in [0.05, 0.1) is 11.9 Å². The second-order valence-electron chi connectivity index (χ2n) is 7.36. The maximum Gasteiger partial charge on any atom is 0.278 e. The van der Waals surface area contributed by atoms with Gasteiger partial charge in [-0.05, 0) is 50.0 Å². The number of benzene rings is 1. The number of thioether (sulfide) groups is 1. The quantitative estimate of drug-likeness (QED) is 0.770. The van der Waals surface area contributed by atoms with Crippen molar-refractivity contribution in [2.45, 2.75) is 32.7 Å². The third-order valence-electron chi connectivity index (χ3n) is 5.01. The van der Waals surface area contributed by atoms with Gasteiger partial charge in [0.15, 0.2) is 5.17 Å². The highest BCUT2D eigenvalue weighted by Gasteiger charge is 2.41. The first-order valence-electron chi connectivity index (χ1n) is 9.54.